The molecule has 3 unspecified atom stereocenters. The molecule has 1 amide bonds. The molecule has 1 saturated heterocycles. The molecule has 0 aromatic rings. The quantitative estimate of drug-likeness (QED) is 0.0812. The molecule has 13 nitrogen and oxygen atoms in total. The minimum absolute atomic E-state index is 0.0676. The molecule has 3 heterocycles. The van der Waals surface area contributed by atoms with E-state index in [0.717, 1.165) is 18.4 Å². The highest BCUT2D eigenvalue weighted by Gasteiger charge is 2.59. The summed E-state index contributed by atoms with van der Waals surface area (Å²) in [7, 11) is 8.21. The van der Waals surface area contributed by atoms with Gasteiger partial charge in [-0.2, -0.15) is 0 Å². The van der Waals surface area contributed by atoms with Crippen LogP contribution in [0, 0.1) is 29.6 Å². The van der Waals surface area contributed by atoms with E-state index in [0.29, 0.717) is 45.1 Å². The fraction of sp³-hybridized carbons (Fsp3) is 0.778. The van der Waals surface area contributed by atoms with E-state index in [-0.39, 0.29) is 48.1 Å². The maximum Gasteiger partial charge on any atom is 0.331 e. The summed E-state index contributed by atoms with van der Waals surface area (Å²) in [4.78, 5) is 26.0. The van der Waals surface area contributed by atoms with Gasteiger partial charge in [-0.05, 0) is 38.5 Å². The first-order chi connectivity index (χ1) is 27.5. The molecule has 3 aliphatic rings. The average molecular weight is 822 g/mol. The smallest absolute Gasteiger partial charge is 0.331 e. The molecule has 2 bridgehead atoms. The molecule has 0 aliphatic carbocycles. The van der Waals surface area contributed by atoms with Gasteiger partial charge in [0, 0.05) is 90.7 Å². The predicted molar refractivity (Wildman–Crippen MR) is 222 cm³/mol. The number of aliphatic hydroxyl groups excluding tert-OH is 3. The zero-order valence-electron chi connectivity index (χ0n) is 36.9. The first-order valence-corrected chi connectivity index (χ1v) is 21.1. The normalized spacial score (nSPS) is 35.4. The number of hydrogen-bond donors (Lipinski definition) is 3. The number of epoxide rings is 1. The number of amides is 1. The van der Waals surface area contributed by atoms with Crippen molar-refractivity contribution >= 4 is 12.4 Å². The molecule has 0 aromatic carbocycles. The highest BCUT2D eigenvalue weighted by molar-refractivity contribution is 5.82. The number of fused-ring (bicyclic) bond motifs is 2. The molecule has 16 atom stereocenters. The van der Waals surface area contributed by atoms with Crippen molar-refractivity contribution in [2.45, 2.75) is 153 Å². The second kappa shape index (κ2) is 24.1. The van der Waals surface area contributed by atoms with E-state index < -0.39 is 54.1 Å². The fourth-order valence-corrected chi connectivity index (χ4v) is 8.80. The Balaban J connectivity index is 1.86. The van der Waals surface area contributed by atoms with E-state index >= 15 is 0 Å². The topological polar surface area (TPSA) is 166 Å². The summed E-state index contributed by atoms with van der Waals surface area (Å²) in [6, 6.07) is 0. The van der Waals surface area contributed by atoms with Gasteiger partial charge in [0.15, 0.2) is 0 Å². The number of esters is 1. The third kappa shape index (κ3) is 14.1. The van der Waals surface area contributed by atoms with Crippen LogP contribution in [0.4, 0.5) is 0 Å². The van der Waals surface area contributed by atoms with Crippen LogP contribution in [0.15, 0.2) is 48.2 Å². The third-order valence-corrected chi connectivity index (χ3v) is 12.8. The van der Waals surface area contributed by atoms with Crippen LogP contribution in [0.2, 0.25) is 0 Å². The molecular weight excluding hydrogens is 746 g/mol. The van der Waals surface area contributed by atoms with Crippen molar-refractivity contribution in [1.82, 2.24) is 4.90 Å². The van der Waals surface area contributed by atoms with Crippen LogP contribution in [0.5, 0.6) is 0 Å². The van der Waals surface area contributed by atoms with E-state index in [4.69, 9.17) is 33.2 Å². The van der Waals surface area contributed by atoms with Crippen LogP contribution in [-0.2, 0) is 42.7 Å². The third-order valence-electron chi connectivity index (χ3n) is 12.8. The van der Waals surface area contributed by atoms with Crippen LogP contribution >= 0.6 is 0 Å². The lowest BCUT2D eigenvalue weighted by atomic mass is 9.78. The highest BCUT2D eigenvalue weighted by Crippen LogP contribution is 2.43. The fourth-order valence-electron chi connectivity index (χ4n) is 8.80. The van der Waals surface area contributed by atoms with Crippen LogP contribution in [0.25, 0.3) is 0 Å². The molecule has 1 fully saturated rings. The summed E-state index contributed by atoms with van der Waals surface area (Å²) in [5, 5.41) is 34.0. The van der Waals surface area contributed by atoms with E-state index in [1.54, 1.807) is 47.8 Å². The van der Waals surface area contributed by atoms with E-state index in [1.165, 1.54) is 11.0 Å². The number of allylic oxidation sites excluding steroid dienone is 2. The molecule has 3 N–H and O–H groups in total. The summed E-state index contributed by atoms with van der Waals surface area (Å²) in [6.45, 7) is 12.0. The summed E-state index contributed by atoms with van der Waals surface area (Å²) in [5.74, 6) is -2.02. The van der Waals surface area contributed by atoms with Crippen molar-refractivity contribution in [2.24, 2.45) is 29.6 Å². The van der Waals surface area contributed by atoms with Gasteiger partial charge in [-0.3, -0.25) is 4.79 Å². The standard InChI is InChI=1S/C45H75NO12/c1-28-15-18-34(48)23-35-13-12-14-36(57-35)24-39(53-9)45(26-56-45)40(54-10)25-38(52-8)32(5)44(58-41(50)20-16-28)33(6)42(51)29(2)17-19-37(49)31(4)43(55-11)30(3)21-22-46(7)27-47/h12-13,15-16,20-22,27,29-40,42-44,48-49,51H,14,17-19,23-26H2,1-11H3/b20-16-,22-21+,28-15-/t29-,30-,31+,32+,33+,34+,35+,36+,37?,38-,39-,40+,42+,43-,44?,45?/m1/s1. The SMILES string of the molecule is CO[C@H]([C@H](C)/C=C/N(C)C=O)[C@@H](C)C(O)CC[C@@H](C)[C@H](O)[C@H](C)C1OC(=O)/C=C\C(C)=C/C[C@H](O)C[C@@H]2C=CC[C@@H](C[C@@H](OC)C3(CO3)[C@@H](OC)C[C@@H](OC)[C@@H]1C)O2. The lowest BCUT2D eigenvalue weighted by molar-refractivity contribution is -0.159. The number of aliphatic hydroxyl groups is 3. The lowest BCUT2D eigenvalue weighted by Crippen LogP contribution is -2.50. The van der Waals surface area contributed by atoms with Crippen LogP contribution in [-0.4, -0.2) is 141 Å². The Morgan fingerprint density at radius 2 is 1.66 bits per heavy atom. The first-order valence-electron chi connectivity index (χ1n) is 21.1. The molecule has 332 valence electrons. The van der Waals surface area contributed by atoms with Gasteiger partial charge in [-0.15, -0.1) is 0 Å². The Kier molecular flexibility index (Phi) is 20.7. The van der Waals surface area contributed by atoms with Crippen LogP contribution < -0.4 is 0 Å². The van der Waals surface area contributed by atoms with Gasteiger partial charge < -0.3 is 53.4 Å². The van der Waals surface area contributed by atoms with Crippen molar-refractivity contribution in [3.05, 3.63) is 48.2 Å². The second-order valence-corrected chi connectivity index (χ2v) is 17.1. The molecule has 1 spiro atoms. The molecular formula is C45H75NO12. The molecule has 0 aromatic heterocycles. The molecule has 3 aliphatic heterocycles. The Labute approximate surface area is 347 Å². The van der Waals surface area contributed by atoms with Crippen molar-refractivity contribution < 1.29 is 58.1 Å². The number of hydrogen-bond acceptors (Lipinski definition) is 12. The second-order valence-electron chi connectivity index (χ2n) is 17.1. The Hall–Kier alpha value is -2.46. The van der Waals surface area contributed by atoms with Crippen molar-refractivity contribution in [3.63, 3.8) is 0 Å². The number of cyclic esters (lactones) is 1. The number of carbonyl (C=O) groups excluding carboxylic acids is 2. The van der Waals surface area contributed by atoms with Gasteiger partial charge in [0.2, 0.25) is 6.41 Å². The zero-order valence-corrected chi connectivity index (χ0v) is 36.9. The minimum atomic E-state index is -0.889. The monoisotopic (exact) mass is 822 g/mol. The number of rotatable bonds is 16. The number of nitrogens with zero attached hydrogens (tertiary/aromatic N) is 1. The highest BCUT2D eigenvalue weighted by atomic mass is 16.6. The molecule has 0 saturated carbocycles. The van der Waals surface area contributed by atoms with Crippen molar-refractivity contribution in [3.8, 4) is 0 Å². The molecule has 0 radical (unpaired) electrons. The molecule has 58 heavy (non-hydrogen) atoms. The molecule has 3 rings (SSSR count). The van der Waals surface area contributed by atoms with Gasteiger partial charge >= 0.3 is 5.97 Å². The Bertz CT molecular complexity index is 1360. The van der Waals surface area contributed by atoms with Gasteiger partial charge in [0.05, 0.1) is 61.5 Å². The van der Waals surface area contributed by atoms with E-state index in [9.17, 15) is 24.9 Å². The average Bonchev–Trinajstić information content (AvgIpc) is 4.02. The number of ether oxygens (including phenoxy) is 7. The summed E-state index contributed by atoms with van der Waals surface area (Å²) < 4.78 is 43.0. The van der Waals surface area contributed by atoms with Gasteiger partial charge in [-0.1, -0.05) is 70.6 Å². The molecule has 13 heteroatoms. The van der Waals surface area contributed by atoms with E-state index in [1.807, 2.05) is 59.8 Å². The van der Waals surface area contributed by atoms with Gasteiger partial charge in [0.1, 0.15) is 11.7 Å². The first kappa shape index (κ1) is 49.9. The van der Waals surface area contributed by atoms with Crippen molar-refractivity contribution in [2.75, 3.05) is 42.1 Å². The van der Waals surface area contributed by atoms with Crippen LogP contribution in [0.1, 0.15) is 86.5 Å². The summed E-state index contributed by atoms with van der Waals surface area (Å²) in [5.41, 5.74) is 0.0593. The van der Waals surface area contributed by atoms with E-state index in [2.05, 4.69) is 6.08 Å². The predicted octanol–water partition coefficient (Wildman–Crippen LogP) is 5.16. The Morgan fingerprint density at radius 3 is 2.26 bits per heavy atom. The maximum absolute atomic E-state index is 13.5. The maximum atomic E-state index is 13.5. The number of methoxy groups -OCH3 is 4. The van der Waals surface area contributed by atoms with Crippen molar-refractivity contribution in [1.29, 1.82) is 0 Å². The minimum Gasteiger partial charge on any atom is -0.458 e. The Morgan fingerprint density at radius 1 is 0.983 bits per heavy atom. The zero-order chi connectivity index (χ0) is 43.2. The van der Waals surface area contributed by atoms with Gasteiger partial charge in [-0.25, -0.2) is 4.79 Å². The summed E-state index contributed by atoms with van der Waals surface area (Å²) in [6.07, 6.45) is 11.9. The lowest BCUT2D eigenvalue weighted by Gasteiger charge is -2.39. The van der Waals surface area contributed by atoms with Gasteiger partial charge in [0.25, 0.3) is 0 Å². The van der Waals surface area contributed by atoms with Crippen LogP contribution in [0.3, 0.4) is 0 Å². The number of carbonyl (C=O) groups is 2. The largest absolute Gasteiger partial charge is 0.458 e. The summed E-state index contributed by atoms with van der Waals surface area (Å²) >= 11 is 0.